The van der Waals surface area contributed by atoms with Crippen molar-refractivity contribution in [3.05, 3.63) is 28.7 Å². The Balaban J connectivity index is 1.95. The van der Waals surface area contributed by atoms with E-state index >= 15 is 0 Å². The van der Waals surface area contributed by atoms with Gasteiger partial charge in [-0.3, -0.25) is 0 Å². The highest BCUT2D eigenvalue weighted by Crippen LogP contribution is 2.15. The van der Waals surface area contributed by atoms with Gasteiger partial charge in [-0.2, -0.15) is 0 Å². The van der Waals surface area contributed by atoms with Crippen LogP contribution in [0.1, 0.15) is 0 Å². The van der Waals surface area contributed by atoms with E-state index in [-0.39, 0.29) is 6.61 Å². The molecule has 1 rings (SSSR count). The largest absolute Gasteiger partial charge is 0.491 e. The Hall–Kier alpha value is -0.620. The lowest BCUT2D eigenvalue weighted by atomic mass is 10.3. The predicted octanol–water partition coefficient (Wildman–Crippen LogP) is 1.85. The van der Waals surface area contributed by atoms with Crippen molar-refractivity contribution in [2.24, 2.45) is 0 Å². The van der Waals surface area contributed by atoms with Crippen LogP contribution in [0.15, 0.2) is 28.7 Å². The molecule has 0 unspecified atom stereocenters. The zero-order chi connectivity index (χ0) is 12.3. The molecule has 0 fully saturated rings. The molecule has 0 bridgehead atoms. The van der Waals surface area contributed by atoms with E-state index in [0.29, 0.717) is 33.0 Å². The minimum atomic E-state index is 0.0483. The van der Waals surface area contributed by atoms with Gasteiger partial charge in [-0.05, 0) is 24.3 Å². The second kappa shape index (κ2) is 9.41. The maximum Gasteiger partial charge on any atom is 0.119 e. The van der Waals surface area contributed by atoms with Crippen LogP contribution in [0, 0.1) is 0 Å². The molecule has 0 atom stereocenters. The first-order valence-corrected chi connectivity index (χ1v) is 6.27. The van der Waals surface area contributed by atoms with E-state index in [4.69, 9.17) is 19.3 Å². The summed E-state index contributed by atoms with van der Waals surface area (Å²) in [5.74, 6) is 0.827. The Morgan fingerprint density at radius 2 is 1.47 bits per heavy atom. The zero-order valence-corrected chi connectivity index (χ0v) is 11.2. The van der Waals surface area contributed by atoms with E-state index in [1.54, 1.807) is 0 Å². The molecule has 0 aromatic heterocycles. The van der Waals surface area contributed by atoms with E-state index in [1.807, 2.05) is 24.3 Å². The van der Waals surface area contributed by atoms with Gasteiger partial charge in [-0.1, -0.05) is 15.9 Å². The fraction of sp³-hybridized carbons (Fsp3) is 0.500. The molecule has 0 spiro atoms. The summed E-state index contributed by atoms with van der Waals surface area (Å²) in [6.45, 7) is 2.47. The maximum absolute atomic E-state index is 8.46. The average molecular weight is 305 g/mol. The Morgan fingerprint density at radius 1 is 0.882 bits per heavy atom. The zero-order valence-electron chi connectivity index (χ0n) is 9.60. The smallest absolute Gasteiger partial charge is 0.119 e. The molecule has 0 amide bonds. The molecule has 96 valence electrons. The van der Waals surface area contributed by atoms with Crippen LogP contribution in [0.3, 0.4) is 0 Å². The number of aliphatic hydroxyl groups is 1. The molecule has 17 heavy (non-hydrogen) atoms. The van der Waals surface area contributed by atoms with Gasteiger partial charge in [-0.15, -0.1) is 0 Å². The first-order chi connectivity index (χ1) is 8.33. The SMILES string of the molecule is OCCOCCOCCOc1ccc(Br)cc1. The molecule has 5 heteroatoms. The van der Waals surface area contributed by atoms with E-state index in [1.165, 1.54) is 0 Å². The summed E-state index contributed by atoms with van der Waals surface area (Å²) in [6, 6.07) is 7.65. The Kier molecular flexibility index (Phi) is 8.00. The van der Waals surface area contributed by atoms with Crippen molar-refractivity contribution in [2.75, 3.05) is 39.6 Å². The average Bonchev–Trinajstić information content (AvgIpc) is 2.35. The van der Waals surface area contributed by atoms with E-state index in [2.05, 4.69) is 15.9 Å². The van der Waals surface area contributed by atoms with Gasteiger partial charge in [0.25, 0.3) is 0 Å². The van der Waals surface area contributed by atoms with Gasteiger partial charge in [-0.25, -0.2) is 0 Å². The lowest BCUT2D eigenvalue weighted by Gasteiger charge is -2.07. The second-order valence-corrected chi connectivity index (χ2v) is 4.17. The quantitative estimate of drug-likeness (QED) is 0.707. The van der Waals surface area contributed by atoms with Crippen molar-refractivity contribution in [3.63, 3.8) is 0 Å². The van der Waals surface area contributed by atoms with Crippen LogP contribution < -0.4 is 4.74 Å². The first-order valence-electron chi connectivity index (χ1n) is 5.47. The van der Waals surface area contributed by atoms with Crippen LogP contribution in [-0.4, -0.2) is 44.7 Å². The third-order valence-electron chi connectivity index (χ3n) is 1.92. The second-order valence-electron chi connectivity index (χ2n) is 3.25. The molecule has 0 saturated heterocycles. The van der Waals surface area contributed by atoms with Crippen molar-refractivity contribution >= 4 is 15.9 Å². The number of aliphatic hydroxyl groups excluding tert-OH is 1. The van der Waals surface area contributed by atoms with Crippen LogP contribution in [0.2, 0.25) is 0 Å². The molecular formula is C12H17BrO4. The van der Waals surface area contributed by atoms with Crippen LogP contribution in [0.5, 0.6) is 5.75 Å². The Bertz CT molecular complexity index is 289. The summed E-state index contributed by atoms with van der Waals surface area (Å²) in [4.78, 5) is 0. The van der Waals surface area contributed by atoms with Crippen molar-refractivity contribution in [1.82, 2.24) is 0 Å². The van der Waals surface area contributed by atoms with Gasteiger partial charge < -0.3 is 19.3 Å². The molecule has 1 aromatic rings. The fourth-order valence-electron chi connectivity index (χ4n) is 1.14. The molecule has 1 aromatic carbocycles. The summed E-state index contributed by atoms with van der Waals surface area (Å²) in [7, 11) is 0. The maximum atomic E-state index is 8.46. The third kappa shape index (κ3) is 7.33. The summed E-state index contributed by atoms with van der Waals surface area (Å²) < 4.78 is 16.8. The van der Waals surface area contributed by atoms with Gasteiger partial charge in [0.1, 0.15) is 12.4 Å². The first kappa shape index (κ1) is 14.4. The lowest BCUT2D eigenvalue weighted by Crippen LogP contribution is -2.11. The molecule has 0 heterocycles. The van der Waals surface area contributed by atoms with E-state index < -0.39 is 0 Å². The highest BCUT2D eigenvalue weighted by atomic mass is 79.9. The summed E-state index contributed by atoms with van der Waals surface area (Å²) in [5.41, 5.74) is 0. The molecule has 0 aliphatic heterocycles. The summed E-state index contributed by atoms with van der Waals surface area (Å²) in [5, 5.41) is 8.46. The van der Waals surface area contributed by atoms with Crippen molar-refractivity contribution in [2.45, 2.75) is 0 Å². The number of benzene rings is 1. The van der Waals surface area contributed by atoms with Crippen molar-refractivity contribution in [1.29, 1.82) is 0 Å². The monoisotopic (exact) mass is 304 g/mol. The normalized spacial score (nSPS) is 10.5. The van der Waals surface area contributed by atoms with Crippen LogP contribution in [0.4, 0.5) is 0 Å². The number of rotatable bonds is 9. The summed E-state index contributed by atoms with van der Waals surface area (Å²) in [6.07, 6.45) is 0. The topological polar surface area (TPSA) is 47.9 Å². The summed E-state index contributed by atoms with van der Waals surface area (Å²) >= 11 is 3.36. The standard InChI is InChI=1S/C12H17BrO4/c13-11-1-3-12(4-2-11)17-10-9-16-8-7-15-6-5-14/h1-4,14H,5-10H2. The minimum Gasteiger partial charge on any atom is -0.491 e. The van der Waals surface area contributed by atoms with Gasteiger partial charge in [0.05, 0.1) is 33.0 Å². The molecule has 0 saturated carbocycles. The van der Waals surface area contributed by atoms with Crippen molar-refractivity contribution in [3.8, 4) is 5.75 Å². The lowest BCUT2D eigenvalue weighted by molar-refractivity contribution is 0.0247. The minimum absolute atomic E-state index is 0.0483. The number of halogens is 1. The number of hydrogen-bond acceptors (Lipinski definition) is 4. The number of ether oxygens (including phenoxy) is 3. The number of hydrogen-bond donors (Lipinski definition) is 1. The Morgan fingerprint density at radius 3 is 2.12 bits per heavy atom. The van der Waals surface area contributed by atoms with E-state index in [0.717, 1.165) is 10.2 Å². The van der Waals surface area contributed by atoms with Crippen LogP contribution in [0.25, 0.3) is 0 Å². The molecular weight excluding hydrogens is 288 g/mol. The van der Waals surface area contributed by atoms with Gasteiger partial charge in [0.2, 0.25) is 0 Å². The molecule has 4 nitrogen and oxygen atoms in total. The van der Waals surface area contributed by atoms with Gasteiger partial charge in [0, 0.05) is 4.47 Å². The highest BCUT2D eigenvalue weighted by molar-refractivity contribution is 9.10. The predicted molar refractivity (Wildman–Crippen MR) is 68.4 cm³/mol. The molecule has 1 N–H and O–H groups in total. The molecule has 0 radical (unpaired) electrons. The van der Waals surface area contributed by atoms with Crippen LogP contribution in [-0.2, 0) is 9.47 Å². The fourth-order valence-corrected chi connectivity index (χ4v) is 1.40. The van der Waals surface area contributed by atoms with Crippen LogP contribution >= 0.6 is 15.9 Å². The van der Waals surface area contributed by atoms with Gasteiger partial charge >= 0.3 is 0 Å². The highest BCUT2D eigenvalue weighted by Gasteiger charge is 1.94. The Labute approximate surface area is 110 Å². The molecule has 0 aliphatic rings. The molecule has 0 aliphatic carbocycles. The van der Waals surface area contributed by atoms with Gasteiger partial charge in [0.15, 0.2) is 0 Å². The van der Waals surface area contributed by atoms with E-state index in [9.17, 15) is 0 Å². The van der Waals surface area contributed by atoms with Crippen molar-refractivity contribution < 1.29 is 19.3 Å². The third-order valence-corrected chi connectivity index (χ3v) is 2.45.